The number of para-hydroxylation sites is 1. The Kier molecular flexibility index (Phi) is 6.98. The first kappa shape index (κ1) is 20.3. The van der Waals surface area contributed by atoms with Crippen molar-refractivity contribution in [2.75, 3.05) is 23.7 Å². The molecule has 2 aromatic rings. The summed E-state index contributed by atoms with van der Waals surface area (Å²) in [4.78, 5) is 27.2. The molecular weight excluding hydrogens is 372 g/mol. The van der Waals surface area contributed by atoms with Gasteiger partial charge in [0, 0.05) is 24.4 Å². The summed E-state index contributed by atoms with van der Waals surface area (Å²) >= 11 is 1.55. The van der Waals surface area contributed by atoms with Crippen molar-refractivity contribution >= 4 is 29.3 Å². The molecule has 2 aromatic carbocycles. The van der Waals surface area contributed by atoms with E-state index in [1.807, 2.05) is 62.4 Å². The van der Waals surface area contributed by atoms with E-state index >= 15 is 0 Å². The molecule has 2 amide bonds. The molecule has 0 saturated heterocycles. The maximum absolute atomic E-state index is 12.2. The number of rotatable bonds is 8. The van der Waals surface area contributed by atoms with Gasteiger partial charge in [-0.25, -0.2) is 0 Å². The van der Waals surface area contributed by atoms with Gasteiger partial charge in [0.15, 0.2) is 0 Å². The number of hydrogen-bond donors (Lipinski definition) is 1. The topological polar surface area (TPSA) is 58.6 Å². The number of benzene rings is 2. The summed E-state index contributed by atoms with van der Waals surface area (Å²) in [6.45, 7) is 4.98. The van der Waals surface area contributed by atoms with Crippen LogP contribution in [-0.4, -0.2) is 36.8 Å². The quantitative estimate of drug-likeness (QED) is 0.737. The lowest BCUT2D eigenvalue weighted by Crippen LogP contribution is -2.38. The summed E-state index contributed by atoms with van der Waals surface area (Å²) in [6.07, 6.45) is 1.21. The normalized spacial score (nSPS) is 13.4. The molecule has 0 aliphatic carbocycles. The zero-order valence-corrected chi connectivity index (χ0v) is 17.1. The number of fused-ring (bicyclic) bond motifs is 1. The molecule has 3 rings (SSSR count). The van der Waals surface area contributed by atoms with Gasteiger partial charge in [0.1, 0.15) is 5.75 Å². The van der Waals surface area contributed by atoms with Crippen LogP contribution in [0.15, 0.2) is 53.4 Å². The van der Waals surface area contributed by atoms with Gasteiger partial charge in [-0.3, -0.25) is 9.59 Å². The third kappa shape index (κ3) is 5.52. The Balaban J connectivity index is 1.43. The minimum Gasteiger partial charge on any atom is -0.491 e. The van der Waals surface area contributed by atoms with Crippen LogP contribution in [0.25, 0.3) is 0 Å². The second-order valence-electron chi connectivity index (χ2n) is 6.96. The van der Waals surface area contributed by atoms with E-state index in [-0.39, 0.29) is 17.9 Å². The average molecular weight is 399 g/mol. The highest BCUT2D eigenvalue weighted by Gasteiger charge is 2.24. The molecule has 6 heteroatoms. The van der Waals surface area contributed by atoms with Crippen molar-refractivity contribution in [3.63, 3.8) is 0 Å². The monoisotopic (exact) mass is 398 g/mol. The number of carbonyl (C=O) groups excluding carboxylic acids is 2. The minimum absolute atomic E-state index is 0.0386. The molecule has 0 radical (unpaired) electrons. The van der Waals surface area contributed by atoms with Crippen molar-refractivity contribution in [2.24, 2.45) is 0 Å². The first-order valence-electron chi connectivity index (χ1n) is 9.57. The van der Waals surface area contributed by atoms with Crippen LogP contribution in [0.5, 0.6) is 5.75 Å². The van der Waals surface area contributed by atoms with Crippen molar-refractivity contribution in [1.29, 1.82) is 0 Å². The van der Waals surface area contributed by atoms with Gasteiger partial charge in [-0.1, -0.05) is 24.3 Å². The first-order chi connectivity index (χ1) is 13.5. The molecule has 5 nitrogen and oxygen atoms in total. The summed E-state index contributed by atoms with van der Waals surface area (Å²) in [7, 11) is 0. The van der Waals surface area contributed by atoms with Gasteiger partial charge in [0.05, 0.1) is 17.5 Å². The van der Waals surface area contributed by atoms with Gasteiger partial charge < -0.3 is 15.0 Å². The molecule has 1 aliphatic heterocycles. The Morgan fingerprint density at radius 3 is 2.68 bits per heavy atom. The average Bonchev–Trinajstić information content (AvgIpc) is 2.68. The van der Waals surface area contributed by atoms with Crippen LogP contribution < -0.4 is 15.0 Å². The number of anilines is 1. The van der Waals surface area contributed by atoms with E-state index in [1.54, 1.807) is 16.7 Å². The fourth-order valence-corrected chi connectivity index (χ4v) is 3.99. The van der Waals surface area contributed by atoms with E-state index in [4.69, 9.17) is 4.74 Å². The van der Waals surface area contributed by atoms with Gasteiger partial charge >= 0.3 is 0 Å². The summed E-state index contributed by atoms with van der Waals surface area (Å²) < 4.78 is 5.63. The Morgan fingerprint density at radius 2 is 1.93 bits per heavy atom. The third-order valence-corrected chi connectivity index (χ3v) is 5.45. The van der Waals surface area contributed by atoms with E-state index in [0.29, 0.717) is 25.3 Å². The van der Waals surface area contributed by atoms with Crippen LogP contribution >= 0.6 is 11.8 Å². The number of thioether (sulfide) groups is 1. The molecule has 148 valence electrons. The lowest BCUT2D eigenvalue weighted by Gasteiger charge is -2.28. The molecule has 0 bridgehead atoms. The maximum Gasteiger partial charge on any atom is 0.237 e. The van der Waals surface area contributed by atoms with Crippen LogP contribution in [0, 0.1) is 0 Å². The molecule has 0 saturated carbocycles. The number of carbonyl (C=O) groups is 2. The lowest BCUT2D eigenvalue weighted by molar-refractivity contribution is -0.121. The molecule has 0 unspecified atom stereocenters. The Labute approximate surface area is 170 Å². The number of amides is 2. The van der Waals surface area contributed by atoms with E-state index < -0.39 is 0 Å². The van der Waals surface area contributed by atoms with Crippen LogP contribution in [0.2, 0.25) is 0 Å². The van der Waals surface area contributed by atoms with Crippen LogP contribution in [0.3, 0.4) is 0 Å². The number of nitrogens with one attached hydrogen (secondary N) is 1. The summed E-state index contributed by atoms with van der Waals surface area (Å²) in [5.74, 6) is 1.30. The smallest absolute Gasteiger partial charge is 0.237 e. The predicted octanol–water partition coefficient (Wildman–Crippen LogP) is 3.66. The number of nitrogens with zero attached hydrogens (tertiary/aromatic N) is 1. The van der Waals surface area contributed by atoms with Crippen molar-refractivity contribution in [1.82, 2.24) is 5.32 Å². The predicted molar refractivity (Wildman–Crippen MR) is 113 cm³/mol. The molecule has 0 spiro atoms. The van der Waals surface area contributed by atoms with Gasteiger partial charge in [-0.05, 0) is 50.1 Å². The second kappa shape index (κ2) is 9.64. The van der Waals surface area contributed by atoms with Crippen molar-refractivity contribution in [2.45, 2.75) is 37.7 Å². The van der Waals surface area contributed by atoms with Gasteiger partial charge in [0.25, 0.3) is 0 Å². The van der Waals surface area contributed by atoms with Crippen LogP contribution in [-0.2, 0) is 16.0 Å². The molecule has 28 heavy (non-hydrogen) atoms. The molecular formula is C22H26N2O3S. The molecule has 1 aliphatic rings. The van der Waals surface area contributed by atoms with Crippen LogP contribution in [0.1, 0.15) is 25.8 Å². The molecule has 0 atom stereocenters. The molecule has 1 N–H and O–H groups in total. The number of ether oxygens (including phenoxy) is 1. The Hall–Kier alpha value is -2.47. The molecule has 1 heterocycles. The zero-order valence-electron chi connectivity index (χ0n) is 16.3. The maximum atomic E-state index is 12.2. The summed E-state index contributed by atoms with van der Waals surface area (Å²) in [6, 6.07) is 15.8. The van der Waals surface area contributed by atoms with Crippen LogP contribution in [0.4, 0.5) is 5.69 Å². The first-order valence-corrected chi connectivity index (χ1v) is 10.6. The SMILES string of the molecule is CC(C)Oc1ccc(CCNC(=O)CCN2C(=O)CSc3ccccc32)cc1. The van der Waals surface area contributed by atoms with E-state index in [2.05, 4.69) is 5.32 Å². The minimum atomic E-state index is -0.0386. The van der Waals surface area contributed by atoms with E-state index in [1.165, 1.54) is 0 Å². The highest BCUT2D eigenvalue weighted by molar-refractivity contribution is 8.00. The van der Waals surface area contributed by atoms with E-state index in [9.17, 15) is 9.59 Å². The standard InChI is InChI=1S/C22H26N2O3S/c1-16(2)27-18-9-7-17(8-10-18)11-13-23-21(25)12-14-24-19-5-3-4-6-20(19)28-15-22(24)26/h3-10,16H,11-15H2,1-2H3,(H,23,25). The van der Waals surface area contributed by atoms with Gasteiger partial charge in [0.2, 0.25) is 11.8 Å². The summed E-state index contributed by atoms with van der Waals surface area (Å²) in [5, 5.41) is 2.94. The van der Waals surface area contributed by atoms with E-state index in [0.717, 1.165) is 28.3 Å². The summed E-state index contributed by atoms with van der Waals surface area (Å²) in [5.41, 5.74) is 2.05. The molecule has 0 aromatic heterocycles. The van der Waals surface area contributed by atoms with Crippen molar-refractivity contribution in [3.05, 3.63) is 54.1 Å². The van der Waals surface area contributed by atoms with Crippen molar-refractivity contribution < 1.29 is 14.3 Å². The lowest BCUT2D eigenvalue weighted by atomic mass is 10.1. The fourth-order valence-electron chi connectivity index (χ4n) is 3.05. The third-order valence-electron chi connectivity index (χ3n) is 4.40. The number of hydrogen-bond acceptors (Lipinski definition) is 4. The Bertz CT molecular complexity index is 821. The highest BCUT2D eigenvalue weighted by Crippen LogP contribution is 2.34. The van der Waals surface area contributed by atoms with Gasteiger partial charge in [-0.15, -0.1) is 11.8 Å². The zero-order chi connectivity index (χ0) is 19.9. The largest absolute Gasteiger partial charge is 0.491 e. The fraction of sp³-hybridized carbons (Fsp3) is 0.364. The molecule has 0 fully saturated rings. The van der Waals surface area contributed by atoms with Gasteiger partial charge in [-0.2, -0.15) is 0 Å². The highest BCUT2D eigenvalue weighted by atomic mass is 32.2. The second-order valence-corrected chi connectivity index (χ2v) is 7.98. The van der Waals surface area contributed by atoms with Crippen molar-refractivity contribution in [3.8, 4) is 5.75 Å². The Morgan fingerprint density at radius 1 is 1.18 bits per heavy atom.